The molecule has 1 aromatic heterocycles. The lowest BCUT2D eigenvalue weighted by Crippen LogP contribution is -2.14. The molecular weight excluding hydrogens is 282 g/mol. The first-order chi connectivity index (χ1) is 8.16. The van der Waals surface area contributed by atoms with Gasteiger partial charge in [0.1, 0.15) is 5.69 Å². The molecule has 1 aromatic carbocycles. The van der Waals surface area contributed by atoms with E-state index >= 15 is 0 Å². The molecule has 0 aliphatic heterocycles. The summed E-state index contributed by atoms with van der Waals surface area (Å²) in [5, 5.41) is 2.71. The van der Waals surface area contributed by atoms with Gasteiger partial charge in [-0.25, -0.2) is 0 Å². The largest absolute Gasteiger partial charge is 0.397 e. The lowest BCUT2D eigenvalue weighted by atomic mass is 10.2. The Hall–Kier alpha value is -1.88. The first-order valence-electron chi connectivity index (χ1n) is 4.94. The number of rotatable bonds is 2. The van der Waals surface area contributed by atoms with E-state index in [4.69, 9.17) is 5.73 Å². The number of hydrogen-bond donors (Lipinski definition) is 2. The van der Waals surface area contributed by atoms with Crippen LogP contribution in [0.1, 0.15) is 10.5 Å². The van der Waals surface area contributed by atoms with Crippen LogP contribution in [0.25, 0.3) is 0 Å². The molecule has 0 spiro atoms. The topological polar surface area (TPSA) is 68.0 Å². The minimum absolute atomic E-state index is 0.278. The molecule has 0 bridgehead atoms. The Labute approximate surface area is 107 Å². The van der Waals surface area contributed by atoms with E-state index in [1.807, 2.05) is 6.07 Å². The summed E-state index contributed by atoms with van der Waals surface area (Å²) in [6.07, 6.45) is 1.57. The van der Waals surface area contributed by atoms with Gasteiger partial charge < -0.3 is 11.1 Å². The summed E-state index contributed by atoms with van der Waals surface area (Å²) in [6, 6.07) is 10.4. The van der Waals surface area contributed by atoms with Gasteiger partial charge in [0.15, 0.2) is 0 Å². The molecule has 1 heterocycles. The molecule has 0 radical (unpaired) electrons. The summed E-state index contributed by atoms with van der Waals surface area (Å²) in [5.74, 6) is -0.278. The van der Waals surface area contributed by atoms with Crippen molar-refractivity contribution in [3.8, 4) is 0 Å². The fourth-order valence-corrected chi connectivity index (χ4v) is 1.71. The quantitative estimate of drug-likeness (QED) is 0.836. The van der Waals surface area contributed by atoms with Crippen LogP contribution in [0.15, 0.2) is 47.1 Å². The Morgan fingerprint density at radius 2 is 2.12 bits per heavy atom. The van der Waals surface area contributed by atoms with Crippen LogP contribution < -0.4 is 11.1 Å². The SMILES string of the molecule is Nc1cc(Br)ccc1NC(=O)c1ccccn1. The minimum atomic E-state index is -0.278. The number of carbonyl (C=O) groups is 1. The number of nitrogens with zero attached hydrogens (tertiary/aromatic N) is 1. The first kappa shape index (κ1) is 11.6. The second kappa shape index (κ2) is 4.97. The highest BCUT2D eigenvalue weighted by Gasteiger charge is 2.08. The fraction of sp³-hybridized carbons (Fsp3) is 0. The highest BCUT2D eigenvalue weighted by atomic mass is 79.9. The maximum atomic E-state index is 11.8. The predicted molar refractivity (Wildman–Crippen MR) is 70.7 cm³/mol. The van der Waals surface area contributed by atoms with Gasteiger partial charge >= 0.3 is 0 Å². The van der Waals surface area contributed by atoms with Crippen molar-refractivity contribution in [1.29, 1.82) is 0 Å². The van der Waals surface area contributed by atoms with Crippen molar-refractivity contribution in [3.63, 3.8) is 0 Å². The van der Waals surface area contributed by atoms with Crippen LogP contribution in [-0.2, 0) is 0 Å². The van der Waals surface area contributed by atoms with Gasteiger partial charge in [-0.05, 0) is 30.3 Å². The van der Waals surface area contributed by atoms with Crippen molar-refractivity contribution in [2.45, 2.75) is 0 Å². The number of halogens is 1. The van der Waals surface area contributed by atoms with Gasteiger partial charge in [0, 0.05) is 10.7 Å². The number of hydrogen-bond acceptors (Lipinski definition) is 3. The number of carbonyl (C=O) groups excluding carboxylic acids is 1. The lowest BCUT2D eigenvalue weighted by molar-refractivity contribution is 0.102. The molecule has 0 aliphatic carbocycles. The van der Waals surface area contributed by atoms with Crippen LogP contribution in [0.3, 0.4) is 0 Å². The van der Waals surface area contributed by atoms with E-state index in [1.54, 1.807) is 36.5 Å². The third kappa shape index (κ3) is 2.82. The lowest BCUT2D eigenvalue weighted by Gasteiger charge is -2.07. The highest BCUT2D eigenvalue weighted by Crippen LogP contribution is 2.23. The first-order valence-corrected chi connectivity index (χ1v) is 5.73. The van der Waals surface area contributed by atoms with E-state index in [1.165, 1.54) is 0 Å². The van der Waals surface area contributed by atoms with Gasteiger partial charge in [-0.15, -0.1) is 0 Å². The summed E-state index contributed by atoms with van der Waals surface area (Å²) in [4.78, 5) is 15.8. The Bertz CT molecular complexity index is 543. The number of pyridine rings is 1. The summed E-state index contributed by atoms with van der Waals surface area (Å²) < 4.78 is 0.867. The molecule has 2 rings (SSSR count). The van der Waals surface area contributed by atoms with E-state index in [9.17, 15) is 4.79 Å². The fourth-order valence-electron chi connectivity index (χ4n) is 1.33. The summed E-state index contributed by atoms with van der Waals surface area (Å²) in [7, 11) is 0. The third-order valence-electron chi connectivity index (χ3n) is 2.16. The van der Waals surface area contributed by atoms with Crippen molar-refractivity contribution in [1.82, 2.24) is 4.98 Å². The number of benzene rings is 1. The van der Waals surface area contributed by atoms with Crippen molar-refractivity contribution < 1.29 is 4.79 Å². The molecule has 0 fully saturated rings. The standard InChI is InChI=1S/C12H10BrN3O/c13-8-4-5-10(9(14)7-8)16-12(17)11-3-1-2-6-15-11/h1-7H,14H2,(H,16,17). The molecule has 0 aliphatic rings. The molecular formula is C12H10BrN3O. The summed E-state index contributed by atoms with van der Waals surface area (Å²) in [6.45, 7) is 0. The number of nitrogen functional groups attached to an aromatic ring is 1. The predicted octanol–water partition coefficient (Wildman–Crippen LogP) is 2.68. The monoisotopic (exact) mass is 291 g/mol. The van der Waals surface area contributed by atoms with Crippen LogP contribution in [-0.4, -0.2) is 10.9 Å². The molecule has 17 heavy (non-hydrogen) atoms. The Morgan fingerprint density at radius 1 is 1.29 bits per heavy atom. The van der Waals surface area contributed by atoms with Gasteiger partial charge in [0.05, 0.1) is 11.4 Å². The Morgan fingerprint density at radius 3 is 2.76 bits per heavy atom. The van der Waals surface area contributed by atoms with E-state index in [0.29, 0.717) is 17.1 Å². The van der Waals surface area contributed by atoms with Crippen LogP contribution in [0, 0.1) is 0 Å². The van der Waals surface area contributed by atoms with Crippen LogP contribution in [0.2, 0.25) is 0 Å². The molecule has 0 unspecified atom stereocenters. The second-order valence-corrected chi connectivity index (χ2v) is 4.32. The van der Waals surface area contributed by atoms with E-state index in [2.05, 4.69) is 26.2 Å². The summed E-state index contributed by atoms with van der Waals surface area (Å²) >= 11 is 3.30. The summed E-state index contributed by atoms with van der Waals surface area (Å²) in [5.41, 5.74) is 7.22. The molecule has 5 heteroatoms. The minimum Gasteiger partial charge on any atom is -0.397 e. The molecule has 2 aromatic rings. The number of aromatic nitrogens is 1. The number of anilines is 2. The zero-order valence-electron chi connectivity index (χ0n) is 8.85. The van der Waals surface area contributed by atoms with Gasteiger partial charge in [0.2, 0.25) is 0 Å². The Balaban J connectivity index is 2.19. The van der Waals surface area contributed by atoms with E-state index in [0.717, 1.165) is 4.47 Å². The highest BCUT2D eigenvalue weighted by molar-refractivity contribution is 9.10. The second-order valence-electron chi connectivity index (χ2n) is 3.40. The molecule has 0 atom stereocenters. The van der Waals surface area contributed by atoms with Gasteiger partial charge in [-0.3, -0.25) is 9.78 Å². The van der Waals surface area contributed by atoms with E-state index in [-0.39, 0.29) is 5.91 Å². The number of nitrogens with one attached hydrogen (secondary N) is 1. The van der Waals surface area contributed by atoms with Gasteiger partial charge in [-0.2, -0.15) is 0 Å². The Kier molecular flexibility index (Phi) is 3.39. The van der Waals surface area contributed by atoms with Crippen molar-refractivity contribution in [3.05, 3.63) is 52.8 Å². The number of nitrogens with two attached hydrogens (primary N) is 1. The van der Waals surface area contributed by atoms with Crippen LogP contribution in [0.5, 0.6) is 0 Å². The molecule has 4 nitrogen and oxygen atoms in total. The van der Waals surface area contributed by atoms with Crippen molar-refractivity contribution in [2.24, 2.45) is 0 Å². The van der Waals surface area contributed by atoms with Gasteiger partial charge in [0.25, 0.3) is 5.91 Å². The van der Waals surface area contributed by atoms with Crippen molar-refractivity contribution in [2.75, 3.05) is 11.1 Å². The maximum Gasteiger partial charge on any atom is 0.274 e. The number of amides is 1. The molecule has 3 N–H and O–H groups in total. The molecule has 86 valence electrons. The van der Waals surface area contributed by atoms with Crippen LogP contribution >= 0.6 is 15.9 Å². The third-order valence-corrected chi connectivity index (χ3v) is 2.65. The van der Waals surface area contributed by atoms with Crippen molar-refractivity contribution >= 4 is 33.2 Å². The molecule has 0 saturated carbocycles. The molecule has 1 amide bonds. The van der Waals surface area contributed by atoms with E-state index < -0.39 is 0 Å². The zero-order chi connectivity index (χ0) is 12.3. The normalized spacial score (nSPS) is 9.94. The van der Waals surface area contributed by atoms with Gasteiger partial charge in [-0.1, -0.05) is 22.0 Å². The smallest absolute Gasteiger partial charge is 0.274 e. The zero-order valence-corrected chi connectivity index (χ0v) is 10.4. The molecule has 0 saturated heterocycles. The average Bonchev–Trinajstić information content (AvgIpc) is 2.34. The maximum absolute atomic E-state index is 11.8. The average molecular weight is 292 g/mol. The van der Waals surface area contributed by atoms with Crippen LogP contribution in [0.4, 0.5) is 11.4 Å².